The number of imidazole rings is 1. The van der Waals surface area contributed by atoms with Crippen LogP contribution in [0.15, 0.2) is 43.0 Å². The molecule has 0 aliphatic heterocycles. The number of hydrogen-bond acceptors (Lipinski definition) is 1. The number of halogens is 3. The molecule has 0 unspecified atom stereocenters. The van der Waals surface area contributed by atoms with Gasteiger partial charge in [0.15, 0.2) is 0 Å². The second-order valence-corrected chi connectivity index (χ2v) is 6.54. The van der Waals surface area contributed by atoms with Crippen LogP contribution in [0.1, 0.15) is 6.42 Å². The zero-order chi connectivity index (χ0) is 13.7. The van der Waals surface area contributed by atoms with Gasteiger partial charge in [-0.05, 0) is 0 Å². The SMILES string of the molecule is C[n+]1ccn(CCCOc2ccc(I(F)F)cc2)c1. The number of hydrogen-bond donors (Lipinski definition) is 0. The van der Waals surface area contributed by atoms with Gasteiger partial charge in [-0.1, -0.05) is 0 Å². The molecule has 0 N–H and O–H groups in total. The van der Waals surface area contributed by atoms with Crippen LogP contribution in [0, 0.1) is 3.57 Å². The van der Waals surface area contributed by atoms with Crippen LogP contribution in [0.2, 0.25) is 0 Å². The first-order chi connectivity index (χ1) is 9.15. The predicted molar refractivity (Wildman–Crippen MR) is 77.1 cm³/mol. The second-order valence-electron chi connectivity index (χ2n) is 4.17. The molecule has 2 rings (SSSR count). The molecule has 1 aromatic carbocycles. The molecule has 0 saturated carbocycles. The maximum absolute atomic E-state index is 12.5. The average molecular weight is 381 g/mol. The second kappa shape index (κ2) is 6.83. The predicted octanol–water partition coefficient (Wildman–Crippen LogP) is 3.23. The fraction of sp³-hybridized carbons (Fsp3) is 0.308. The summed E-state index contributed by atoms with van der Waals surface area (Å²) in [4.78, 5) is 0. The molecule has 0 radical (unpaired) electrons. The van der Waals surface area contributed by atoms with Gasteiger partial charge in [0.05, 0.1) is 0 Å². The standard InChI is InChI=1S/C13H16F2IN2O/c1-17-8-9-18(11-17)7-2-10-19-13-5-3-12(4-6-13)16(14)15/h3-6,8-9,11H,2,7,10H2,1H3/q+1. The summed E-state index contributed by atoms with van der Waals surface area (Å²) in [6, 6.07) is 6.17. The molecule has 0 spiro atoms. The molecule has 3 nitrogen and oxygen atoms in total. The normalized spacial score (nSPS) is 11.4. The Bertz CT molecular complexity index is 514. The van der Waals surface area contributed by atoms with Crippen molar-refractivity contribution in [1.82, 2.24) is 4.57 Å². The average Bonchev–Trinajstić information content (AvgIpc) is 2.81. The summed E-state index contributed by atoms with van der Waals surface area (Å²) in [6.45, 7) is 1.46. The summed E-state index contributed by atoms with van der Waals surface area (Å²) in [5.41, 5.74) is 0. The molecule has 104 valence electrons. The van der Waals surface area contributed by atoms with E-state index in [0.717, 1.165) is 13.0 Å². The van der Waals surface area contributed by atoms with Crippen LogP contribution >= 0.6 is 21.0 Å². The van der Waals surface area contributed by atoms with Crippen LogP contribution in [0.4, 0.5) is 5.72 Å². The Morgan fingerprint density at radius 2 is 2.00 bits per heavy atom. The van der Waals surface area contributed by atoms with Crippen molar-refractivity contribution in [2.45, 2.75) is 13.0 Å². The van der Waals surface area contributed by atoms with E-state index in [0.29, 0.717) is 12.4 Å². The van der Waals surface area contributed by atoms with Gasteiger partial charge in [-0.15, -0.1) is 0 Å². The first-order valence-corrected chi connectivity index (χ1v) is 8.63. The number of rotatable bonds is 6. The molecule has 0 fully saturated rings. The quantitative estimate of drug-likeness (QED) is 0.427. The van der Waals surface area contributed by atoms with Crippen LogP contribution < -0.4 is 9.30 Å². The Morgan fingerprint density at radius 3 is 2.58 bits per heavy atom. The minimum absolute atomic E-state index is 0.177. The summed E-state index contributed by atoms with van der Waals surface area (Å²) in [5, 5.41) is 0. The first-order valence-electron chi connectivity index (χ1n) is 5.92. The fourth-order valence-electron chi connectivity index (χ4n) is 1.70. The Hall–Kier alpha value is -1.18. The van der Waals surface area contributed by atoms with E-state index in [1.54, 1.807) is 12.1 Å². The fourth-order valence-corrected chi connectivity index (χ4v) is 2.60. The number of nitrogens with zero attached hydrogens (tertiary/aromatic N) is 2. The van der Waals surface area contributed by atoms with E-state index in [4.69, 9.17) is 4.74 Å². The van der Waals surface area contributed by atoms with Gasteiger partial charge < -0.3 is 0 Å². The third-order valence-electron chi connectivity index (χ3n) is 2.63. The molecule has 0 bridgehead atoms. The molecule has 19 heavy (non-hydrogen) atoms. The summed E-state index contributed by atoms with van der Waals surface area (Å²) < 4.78 is 34.8. The van der Waals surface area contributed by atoms with Crippen molar-refractivity contribution in [3.05, 3.63) is 46.6 Å². The van der Waals surface area contributed by atoms with Crippen LogP contribution in [0.5, 0.6) is 5.75 Å². The van der Waals surface area contributed by atoms with Gasteiger partial charge in [0.25, 0.3) is 0 Å². The van der Waals surface area contributed by atoms with Crippen molar-refractivity contribution >= 4 is 21.0 Å². The number of aryl methyl sites for hydroxylation is 2. The van der Waals surface area contributed by atoms with E-state index in [-0.39, 0.29) is 3.57 Å². The van der Waals surface area contributed by atoms with Gasteiger partial charge in [-0.2, -0.15) is 0 Å². The molecule has 1 aromatic heterocycles. The molecule has 6 heteroatoms. The maximum atomic E-state index is 12.5. The number of benzene rings is 1. The van der Waals surface area contributed by atoms with Gasteiger partial charge in [-0.25, -0.2) is 0 Å². The van der Waals surface area contributed by atoms with Crippen LogP contribution in [0.25, 0.3) is 0 Å². The molecule has 2 aromatic rings. The van der Waals surface area contributed by atoms with Gasteiger partial charge in [0.1, 0.15) is 0 Å². The first kappa shape index (κ1) is 14.2. The summed E-state index contributed by atoms with van der Waals surface area (Å²) in [5.74, 6) is 0.652. The minimum atomic E-state index is -3.84. The Balaban J connectivity index is 1.73. The zero-order valence-corrected chi connectivity index (χ0v) is 12.8. The summed E-state index contributed by atoms with van der Waals surface area (Å²) in [6.07, 6.45) is 6.86. The van der Waals surface area contributed by atoms with Crippen molar-refractivity contribution in [2.24, 2.45) is 7.05 Å². The van der Waals surface area contributed by atoms with Crippen molar-refractivity contribution in [2.75, 3.05) is 6.61 Å². The van der Waals surface area contributed by atoms with Gasteiger partial charge in [-0.3, -0.25) is 0 Å². The van der Waals surface area contributed by atoms with E-state index < -0.39 is 21.0 Å². The molecule has 0 amide bonds. The molecular formula is C13H16F2IN2O+. The van der Waals surface area contributed by atoms with Crippen molar-refractivity contribution < 1.29 is 15.0 Å². The van der Waals surface area contributed by atoms with E-state index in [9.17, 15) is 5.72 Å². The number of ether oxygens (including phenoxy) is 1. The van der Waals surface area contributed by atoms with Gasteiger partial charge >= 0.3 is 119 Å². The van der Waals surface area contributed by atoms with Crippen molar-refractivity contribution in [3.63, 3.8) is 0 Å². The molecule has 0 aliphatic rings. The van der Waals surface area contributed by atoms with E-state index in [2.05, 4.69) is 4.57 Å². The zero-order valence-electron chi connectivity index (χ0n) is 10.6. The summed E-state index contributed by atoms with van der Waals surface area (Å²) >= 11 is -3.84. The van der Waals surface area contributed by atoms with Crippen molar-refractivity contribution in [3.8, 4) is 5.75 Å². The topological polar surface area (TPSA) is 18.0 Å². The molecule has 0 aliphatic carbocycles. The van der Waals surface area contributed by atoms with Gasteiger partial charge in [0, 0.05) is 0 Å². The number of aromatic nitrogens is 2. The van der Waals surface area contributed by atoms with Crippen LogP contribution in [0.3, 0.4) is 0 Å². The van der Waals surface area contributed by atoms with Crippen LogP contribution in [-0.2, 0) is 13.6 Å². The molecule has 0 saturated heterocycles. The van der Waals surface area contributed by atoms with Gasteiger partial charge in [0.2, 0.25) is 0 Å². The Kier molecular flexibility index (Phi) is 5.12. The monoisotopic (exact) mass is 381 g/mol. The van der Waals surface area contributed by atoms with E-state index in [1.807, 2.05) is 30.3 Å². The molecule has 0 atom stereocenters. The Labute approximate surface area is 119 Å². The van der Waals surface area contributed by atoms with Crippen molar-refractivity contribution in [1.29, 1.82) is 0 Å². The van der Waals surface area contributed by atoms with E-state index in [1.165, 1.54) is 12.1 Å². The van der Waals surface area contributed by atoms with Crippen LogP contribution in [-0.4, -0.2) is 11.2 Å². The van der Waals surface area contributed by atoms with E-state index >= 15 is 0 Å². The molecular weight excluding hydrogens is 365 g/mol. The third-order valence-corrected chi connectivity index (χ3v) is 4.29. The summed E-state index contributed by atoms with van der Waals surface area (Å²) in [7, 11) is 1.97. The Morgan fingerprint density at radius 1 is 1.26 bits per heavy atom. The molecule has 1 heterocycles. The third kappa shape index (κ3) is 4.45.